The van der Waals surface area contributed by atoms with Crippen molar-refractivity contribution in [1.29, 1.82) is 0 Å². The highest BCUT2D eigenvalue weighted by Gasteiger charge is 2.19. The maximum absolute atomic E-state index is 12.5. The first-order chi connectivity index (χ1) is 12.6. The number of nitrogens with one attached hydrogen (secondary N) is 1. The number of rotatable bonds is 6. The van der Waals surface area contributed by atoms with Gasteiger partial charge in [0.05, 0.1) is 18.8 Å². The number of hydrogen-bond acceptors (Lipinski definition) is 4. The molecule has 0 aliphatic carbocycles. The second-order valence-corrected chi connectivity index (χ2v) is 6.33. The third-order valence-corrected chi connectivity index (χ3v) is 3.95. The molecule has 0 bridgehead atoms. The molecule has 0 fully saturated rings. The SMILES string of the molecule is COc1cccc2c1OCC(C(=O)NCc1cccc(OC(C)C)c1)=C2. The molecule has 1 aliphatic rings. The van der Waals surface area contributed by atoms with E-state index in [2.05, 4.69) is 5.32 Å². The number of benzene rings is 2. The van der Waals surface area contributed by atoms with Crippen molar-refractivity contribution in [2.45, 2.75) is 26.5 Å². The molecule has 26 heavy (non-hydrogen) atoms. The van der Waals surface area contributed by atoms with Crippen LogP contribution in [-0.4, -0.2) is 25.7 Å². The maximum atomic E-state index is 12.5. The Balaban J connectivity index is 1.66. The first kappa shape index (κ1) is 17.9. The summed E-state index contributed by atoms with van der Waals surface area (Å²) in [5, 5.41) is 2.93. The minimum absolute atomic E-state index is 0.112. The highest BCUT2D eigenvalue weighted by atomic mass is 16.5. The molecule has 5 nitrogen and oxygen atoms in total. The average Bonchev–Trinajstić information content (AvgIpc) is 2.65. The van der Waals surface area contributed by atoms with Crippen LogP contribution in [0.15, 0.2) is 48.0 Å². The van der Waals surface area contributed by atoms with Crippen molar-refractivity contribution >= 4 is 12.0 Å². The summed E-state index contributed by atoms with van der Waals surface area (Å²) in [4.78, 5) is 12.5. The zero-order valence-corrected chi connectivity index (χ0v) is 15.2. The van der Waals surface area contributed by atoms with Crippen LogP contribution in [0.1, 0.15) is 25.0 Å². The van der Waals surface area contributed by atoms with Crippen LogP contribution in [0.3, 0.4) is 0 Å². The van der Waals surface area contributed by atoms with Gasteiger partial charge >= 0.3 is 0 Å². The van der Waals surface area contributed by atoms with Gasteiger partial charge < -0.3 is 19.5 Å². The molecule has 136 valence electrons. The van der Waals surface area contributed by atoms with Gasteiger partial charge in [-0.3, -0.25) is 4.79 Å². The molecule has 0 saturated carbocycles. The quantitative estimate of drug-likeness (QED) is 0.862. The molecule has 0 spiro atoms. The van der Waals surface area contributed by atoms with Crippen LogP contribution < -0.4 is 19.5 Å². The maximum Gasteiger partial charge on any atom is 0.250 e. The van der Waals surface area contributed by atoms with E-state index in [1.807, 2.05) is 62.4 Å². The summed E-state index contributed by atoms with van der Waals surface area (Å²) in [6.07, 6.45) is 1.95. The third-order valence-electron chi connectivity index (χ3n) is 3.95. The lowest BCUT2D eigenvalue weighted by molar-refractivity contribution is -0.117. The monoisotopic (exact) mass is 353 g/mol. The van der Waals surface area contributed by atoms with Crippen molar-refractivity contribution in [3.05, 3.63) is 59.2 Å². The first-order valence-electron chi connectivity index (χ1n) is 8.61. The number of ether oxygens (including phenoxy) is 3. The number of hydrogen-bond donors (Lipinski definition) is 1. The molecule has 1 N–H and O–H groups in total. The summed E-state index contributed by atoms with van der Waals surface area (Å²) in [5.41, 5.74) is 2.41. The molecule has 2 aromatic rings. The van der Waals surface area contributed by atoms with Gasteiger partial charge in [0.2, 0.25) is 0 Å². The van der Waals surface area contributed by atoms with Gasteiger partial charge in [0.15, 0.2) is 11.5 Å². The van der Waals surface area contributed by atoms with E-state index in [1.54, 1.807) is 7.11 Å². The molecule has 0 saturated heterocycles. The van der Waals surface area contributed by atoms with E-state index >= 15 is 0 Å². The summed E-state index contributed by atoms with van der Waals surface area (Å²) in [6.45, 7) is 4.61. The van der Waals surface area contributed by atoms with E-state index in [4.69, 9.17) is 14.2 Å². The molecule has 0 unspecified atom stereocenters. The number of para-hydroxylation sites is 1. The molecule has 5 heteroatoms. The lowest BCUT2D eigenvalue weighted by Crippen LogP contribution is -2.28. The summed E-state index contributed by atoms with van der Waals surface area (Å²) >= 11 is 0. The largest absolute Gasteiger partial charge is 0.493 e. The molecule has 1 heterocycles. The fraction of sp³-hybridized carbons (Fsp3) is 0.286. The Kier molecular flexibility index (Phi) is 5.46. The van der Waals surface area contributed by atoms with E-state index in [1.165, 1.54) is 0 Å². The molecule has 0 atom stereocenters. The van der Waals surface area contributed by atoms with Gasteiger partial charge in [-0.1, -0.05) is 24.3 Å². The van der Waals surface area contributed by atoms with E-state index in [0.717, 1.165) is 16.9 Å². The topological polar surface area (TPSA) is 56.8 Å². The molecule has 2 aromatic carbocycles. The molecule has 0 aromatic heterocycles. The van der Waals surface area contributed by atoms with Gasteiger partial charge in [0, 0.05) is 12.1 Å². The van der Waals surface area contributed by atoms with Gasteiger partial charge in [0.1, 0.15) is 12.4 Å². The van der Waals surface area contributed by atoms with E-state index in [-0.39, 0.29) is 18.6 Å². The summed E-state index contributed by atoms with van der Waals surface area (Å²) in [7, 11) is 1.60. The van der Waals surface area contributed by atoms with E-state index in [0.29, 0.717) is 23.6 Å². The molecular formula is C21H23NO4. The Bertz CT molecular complexity index is 827. The van der Waals surface area contributed by atoms with E-state index in [9.17, 15) is 4.79 Å². The van der Waals surface area contributed by atoms with Gasteiger partial charge in [-0.05, 0) is 43.7 Å². The highest BCUT2D eigenvalue weighted by Crippen LogP contribution is 2.35. The molecule has 0 radical (unpaired) electrons. The number of carbonyl (C=O) groups excluding carboxylic acids is 1. The summed E-state index contributed by atoms with van der Waals surface area (Å²) in [5.74, 6) is 1.99. The average molecular weight is 353 g/mol. The minimum Gasteiger partial charge on any atom is -0.493 e. The standard InChI is InChI=1S/C21H23NO4/c1-14(2)26-18-8-4-6-15(10-18)12-22-21(23)17-11-16-7-5-9-19(24-3)20(16)25-13-17/h4-11,14H,12-13H2,1-3H3,(H,22,23). The van der Waals surface area contributed by atoms with Gasteiger partial charge in [-0.25, -0.2) is 0 Å². The number of amides is 1. The van der Waals surface area contributed by atoms with Crippen LogP contribution in [0.2, 0.25) is 0 Å². The predicted octanol–water partition coefficient (Wildman–Crippen LogP) is 3.57. The third kappa shape index (κ3) is 4.17. The Morgan fingerprint density at radius 3 is 2.81 bits per heavy atom. The fourth-order valence-electron chi connectivity index (χ4n) is 2.77. The second kappa shape index (κ2) is 7.95. The van der Waals surface area contributed by atoms with Crippen LogP contribution in [0.5, 0.6) is 17.2 Å². The van der Waals surface area contributed by atoms with Crippen molar-refractivity contribution in [3.63, 3.8) is 0 Å². The second-order valence-electron chi connectivity index (χ2n) is 6.33. The Hall–Kier alpha value is -2.95. The molecular weight excluding hydrogens is 330 g/mol. The lowest BCUT2D eigenvalue weighted by atomic mass is 10.1. The molecule has 1 aliphatic heterocycles. The van der Waals surface area contributed by atoms with Gasteiger partial charge in [0.25, 0.3) is 5.91 Å². The fourth-order valence-corrected chi connectivity index (χ4v) is 2.77. The van der Waals surface area contributed by atoms with Crippen LogP contribution in [0.4, 0.5) is 0 Å². The number of fused-ring (bicyclic) bond motifs is 1. The normalized spacial score (nSPS) is 12.7. The predicted molar refractivity (Wildman–Crippen MR) is 101 cm³/mol. The summed E-state index contributed by atoms with van der Waals surface area (Å²) in [6, 6.07) is 13.3. The van der Waals surface area contributed by atoms with Crippen LogP contribution >= 0.6 is 0 Å². The zero-order chi connectivity index (χ0) is 18.5. The van der Waals surface area contributed by atoms with Crippen LogP contribution in [-0.2, 0) is 11.3 Å². The van der Waals surface area contributed by atoms with Crippen molar-refractivity contribution < 1.29 is 19.0 Å². The summed E-state index contributed by atoms with van der Waals surface area (Å²) < 4.78 is 16.7. The van der Waals surface area contributed by atoms with Crippen molar-refractivity contribution in [1.82, 2.24) is 5.32 Å². The zero-order valence-electron chi connectivity index (χ0n) is 15.2. The van der Waals surface area contributed by atoms with Crippen molar-refractivity contribution in [2.75, 3.05) is 13.7 Å². The van der Waals surface area contributed by atoms with Gasteiger partial charge in [-0.15, -0.1) is 0 Å². The molecule has 3 rings (SSSR count). The Labute approximate surface area is 153 Å². The number of carbonyl (C=O) groups is 1. The lowest BCUT2D eigenvalue weighted by Gasteiger charge is -2.19. The first-order valence-corrected chi connectivity index (χ1v) is 8.61. The Morgan fingerprint density at radius 1 is 1.23 bits per heavy atom. The van der Waals surface area contributed by atoms with E-state index < -0.39 is 0 Å². The number of methoxy groups -OCH3 is 1. The smallest absolute Gasteiger partial charge is 0.250 e. The van der Waals surface area contributed by atoms with Crippen LogP contribution in [0.25, 0.3) is 6.08 Å². The Morgan fingerprint density at radius 2 is 2.04 bits per heavy atom. The highest BCUT2D eigenvalue weighted by molar-refractivity contribution is 5.99. The van der Waals surface area contributed by atoms with Gasteiger partial charge in [-0.2, -0.15) is 0 Å². The van der Waals surface area contributed by atoms with Crippen LogP contribution in [0, 0.1) is 0 Å². The minimum atomic E-state index is -0.145. The van der Waals surface area contributed by atoms with Crippen molar-refractivity contribution in [2.24, 2.45) is 0 Å². The molecule has 1 amide bonds. The van der Waals surface area contributed by atoms with Crippen molar-refractivity contribution in [3.8, 4) is 17.2 Å².